The Balaban J connectivity index is 3.29. The molecule has 0 aliphatic carbocycles. The number of carboxylic acid groups (broad SMARTS) is 1. The second kappa shape index (κ2) is 4.28. The summed E-state index contributed by atoms with van der Waals surface area (Å²) in [6.07, 6.45) is 0.761. The molecule has 78 valence electrons. The molecule has 0 fully saturated rings. The fourth-order valence-electron chi connectivity index (χ4n) is 1.10. The highest BCUT2D eigenvalue weighted by atomic mass is 16.4. The molecule has 0 heterocycles. The number of phenolic OH excluding ortho intramolecular Hbond substituents is 1. The quantitative estimate of drug-likeness (QED) is 0.622. The summed E-state index contributed by atoms with van der Waals surface area (Å²) in [5, 5.41) is 18.2. The van der Waals surface area contributed by atoms with Crippen LogP contribution in [-0.4, -0.2) is 22.1 Å². The Hall–Kier alpha value is -2.30. The molecule has 1 rings (SSSR count). The third-order valence-corrected chi connectivity index (χ3v) is 1.71. The SMILES string of the molecule is NC(=O)/C=C(\C(=O)O)c1ccccc1O. The Morgan fingerprint density at radius 2 is 1.87 bits per heavy atom. The Morgan fingerprint density at radius 1 is 1.27 bits per heavy atom. The monoisotopic (exact) mass is 207 g/mol. The van der Waals surface area contributed by atoms with Gasteiger partial charge in [-0.25, -0.2) is 4.79 Å². The van der Waals surface area contributed by atoms with Crippen molar-refractivity contribution in [1.82, 2.24) is 0 Å². The number of amides is 1. The van der Waals surface area contributed by atoms with Gasteiger partial charge < -0.3 is 15.9 Å². The van der Waals surface area contributed by atoms with Crippen molar-refractivity contribution in [2.24, 2.45) is 5.73 Å². The molecule has 0 saturated heterocycles. The first-order valence-corrected chi connectivity index (χ1v) is 4.05. The number of para-hydroxylation sites is 1. The van der Waals surface area contributed by atoms with Gasteiger partial charge in [0.15, 0.2) is 0 Å². The smallest absolute Gasteiger partial charge is 0.336 e. The Labute approximate surface area is 85.5 Å². The van der Waals surface area contributed by atoms with Gasteiger partial charge in [-0.3, -0.25) is 4.79 Å². The summed E-state index contributed by atoms with van der Waals surface area (Å²) >= 11 is 0. The summed E-state index contributed by atoms with van der Waals surface area (Å²) in [6, 6.07) is 5.81. The van der Waals surface area contributed by atoms with E-state index >= 15 is 0 Å². The molecule has 1 aromatic carbocycles. The highest BCUT2D eigenvalue weighted by molar-refractivity contribution is 6.20. The number of carbonyl (C=O) groups excluding carboxylic acids is 1. The number of aliphatic carboxylic acids is 1. The van der Waals surface area contributed by atoms with E-state index in [4.69, 9.17) is 10.8 Å². The second-order valence-corrected chi connectivity index (χ2v) is 2.78. The van der Waals surface area contributed by atoms with Crippen molar-refractivity contribution in [2.45, 2.75) is 0 Å². The van der Waals surface area contributed by atoms with Gasteiger partial charge >= 0.3 is 5.97 Å². The largest absolute Gasteiger partial charge is 0.507 e. The Morgan fingerprint density at radius 3 is 2.33 bits per heavy atom. The standard InChI is InChI=1S/C10H9NO4/c11-9(13)5-7(10(14)15)6-3-1-2-4-8(6)12/h1-5,12H,(H2,11,13)(H,14,15)/b7-5-. The molecule has 0 aliphatic heterocycles. The van der Waals surface area contributed by atoms with Crippen LogP contribution in [0.25, 0.3) is 5.57 Å². The molecule has 0 saturated carbocycles. The predicted molar refractivity (Wildman–Crippen MR) is 52.9 cm³/mol. The third-order valence-electron chi connectivity index (χ3n) is 1.71. The van der Waals surface area contributed by atoms with Crippen molar-refractivity contribution in [1.29, 1.82) is 0 Å². The van der Waals surface area contributed by atoms with Crippen LogP contribution in [-0.2, 0) is 9.59 Å². The molecule has 0 radical (unpaired) electrons. The number of primary amides is 1. The van der Waals surface area contributed by atoms with E-state index < -0.39 is 11.9 Å². The number of aromatic hydroxyl groups is 1. The van der Waals surface area contributed by atoms with Crippen LogP contribution < -0.4 is 5.73 Å². The van der Waals surface area contributed by atoms with E-state index in [1.165, 1.54) is 12.1 Å². The van der Waals surface area contributed by atoms with Gasteiger partial charge in [0.2, 0.25) is 5.91 Å². The van der Waals surface area contributed by atoms with Gasteiger partial charge in [-0.15, -0.1) is 0 Å². The number of phenols is 1. The Kier molecular flexibility index (Phi) is 3.07. The zero-order valence-corrected chi connectivity index (χ0v) is 7.68. The number of hydrogen-bond acceptors (Lipinski definition) is 3. The molecule has 0 aromatic heterocycles. The molecule has 5 heteroatoms. The van der Waals surface area contributed by atoms with Crippen LogP contribution in [0.5, 0.6) is 5.75 Å². The van der Waals surface area contributed by atoms with Crippen molar-refractivity contribution >= 4 is 17.4 Å². The van der Waals surface area contributed by atoms with Crippen LogP contribution in [0, 0.1) is 0 Å². The van der Waals surface area contributed by atoms with E-state index in [1.54, 1.807) is 12.1 Å². The van der Waals surface area contributed by atoms with Crippen molar-refractivity contribution in [3.8, 4) is 5.75 Å². The zero-order valence-electron chi connectivity index (χ0n) is 7.68. The Bertz CT molecular complexity index is 437. The van der Waals surface area contributed by atoms with Crippen LogP contribution in [0.3, 0.4) is 0 Å². The van der Waals surface area contributed by atoms with Crippen molar-refractivity contribution in [3.05, 3.63) is 35.9 Å². The van der Waals surface area contributed by atoms with Gasteiger partial charge in [-0.2, -0.15) is 0 Å². The van der Waals surface area contributed by atoms with Gasteiger partial charge in [0, 0.05) is 11.6 Å². The molecular weight excluding hydrogens is 198 g/mol. The molecule has 5 nitrogen and oxygen atoms in total. The number of benzene rings is 1. The van der Waals surface area contributed by atoms with Gasteiger partial charge in [-0.05, 0) is 6.07 Å². The first-order chi connectivity index (χ1) is 7.02. The molecule has 0 spiro atoms. The van der Waals surface area contributed by atoms with Gasteiger partial charge in [-0.1, -0.05) is 18.2 Å². The average molecular weight is 207 g/mol. The number of hydrogen-bond donors (Lipinski definition) is 3. The first-order valence-electron chi connectivity index (χ1n) is 4.05. The van der Waals surface area contributed by atoms with Crippen LogP contribution in [0.2, 0.25) is 0 Å². The molecule has 4 N–H and O–H groups in total. The van der Waals surface area contributed by atoms with Crippen molar-refractivity contribution < 1.29 is 19.8 Å². The van der Waals surface area contributed by atoms with Crippen LogP contribution in [0.15, 0.2) is 30.3 Å². The minimum atomic E-state index is -1.32. The first kappa shape index (κ1) is 10.8. The van der Waals surface area contributed by atoms with E-state index in [9.17, 15) is 14.7 Å². The number of nitrogens with two attached hydrogens (primary N) is 1. The summed E-state index contributed by atoms with van der Waals surface area (Å²) in [4.78, 5) is 21.4. The summed E-state index contributed by atoms with van der Waals surface area (Å²) < 4.78 is 0. The van der Waals surface area contributed by atoms with E-state index in [1.807, 2.05) is 0 Å². The minimum absolute atomic E-state index is 0.0591. The van der Waals surface area contributed by atoms with Crippen LogP contribution in [0.1, 0.15) is 5.56 Å². The second-order valence-electron chi connectivity index (χ2n) is 2.78. The van der Waals surface area contributed by atoms with Gasteiger partial charge in [0.1, 0.15) is 5.75 Å². The molecule has 0 atom stereocenters. The molecule has 0 bridgehead atoms. The summed E-state index contributed by atoms with van der Waals surface area (Å²) in [5.74, 6) is -2.42. The predicted octanol–water partition coefficient (Wildman–Crippen LogP) is 0.345. The molecule has 0 aliphatic rings. The molecule has 1 aromatic rings. The summed E-state index contributed by atoms with van der Waals surface area (Å²) in [6.45, 7) is 0. The van der Waals surface area contributed by atoms with E-state index in [2.05, 4.69) is 0 Å². The molecule has 15 heavy (non-hydrogen) atoms. The number of carboxylic acids is 1. The fourth-order valence-corrected chi connectivity index (χ4v) is 1.10. The van der Waals surface area contributed by atoms with E-state index in [0.717, 1.165) is 6.08 Å². The lowest BCUT2D eigenvalue weighted by Crippen LogP contribution is -2.10. The summed E-state index contributed by atoms with van der Waals surface area (Å²) in [7, 11) is 0. The van der Waals surface area contributed by atoms with Gasteiger partial charge in [0.05, 0.1) is 5.57 Å². The average Bonchev–Trinajstić information content (AvgIpc) is 2.15. The molecular formula is C10H9NO4. The van der Waals surface area contributed by atoms with E-state index in [0.29, 0.717) is 0 Å². The number of rotatable bonds is 3. The lowest BCUT2D eigenvalue weighted by Gasteiger charge is -2.03. The highest BCUT2D eigenvalue weighted by Crippen LogP contribution is 2.24. The number of carbonyl (C=O) groups is 2. The summed E-state index contributed by atoms with van der Waals surface area (Å²) in [5.41, 5.74) is 4.58. The normalized spacial score (nSPS) is 11.1. The topological polar surface area (TPSA) is 101 Å². The van der Waals surface area contributed by atoms with Crippen molar-refractivity contribution in [3.63, 3.8) is 0 Å². The van der Waals surface area contributed by atoms with Crippen LogP contribution in [0.4, 0.5) is 0 Å². The van der Waals surface area contributed by atoms with E-state index in [-0.39, 0.29) is 16.9 Å². The zero-order chi connectivity index (χ0) is 11.4. The van der Waals surface area contributed by atoms with Crippen LogP contribution >= 0.6 is 0 Å². The maximum absolute atomic E-state index is 10.8. The molecule has 1 amide bonds. The lowest BCUT2D eigenvalue weighted by atomic mass is 10.0. The maximum Gasteiger partial charge on any atom is 0.336 e. The highest BCUT2D eigenvalue weighted by Gasteiger charge is 2.14. The maximum atomic E-state index is 10.8. The lowest BCUT2D eigenvalue weighted by molar-refractivity contribution is -0.130. The fraction of sp³-hybridized carbons (Fsp3) is 0. The molecule has 0 unspecified atom stereocenters. The third kappa shape index (κ3) is 2.57. The minimum Gasteiger partial charge on any atom is -0.507 e. The van der Waals surface area contributed by atoms with Crippen molar-refractivity contribution in [2.75, 3.05) is 0 Å². The van der Waals surface area contributed by atoms with Gasteiger partial charge in [0.25, 0.3) is 0 Å².